The second kappa shape index (κ2) is 7.56. The average Bonchev–Trinajstić information content (AvgIpc) is 3.43. The van der Waals surface area contributed by atoms with Crippen molar-refractivity contribution in [3.05, 3.63) is 34.3 Å². The Morgan fingerprint density at radius 1 is 1.30 bits per heavy atom. The lowest BCUT2D eigenvalue weighted by molar-refractivity contribution is 0.0693. The van der Waals surface area contributed by atoms with Crippen LogP contribution < -0.4 is 9.64 Å². The van der Waals surface area contributed by atoms with Crippen molar-refractivity contribution in [2.75, 3.05) is 18.6 Å². The molecule has 6 heteroatoms. The Bertz CT molecular complexity index is 963. The van der Waals surface area contributed by atoms with Crippen LogP contribution in [0.1, 0.15) is 80.7 Å². The first-order valence-electron chi connectivity index (χ1n) is 10.9. The largest absolute Gasteiger partial charge is 0.496 e. The third-order valence-corrected chi connectivity index (χ3v) is 8.42. The summed E-state index contributed by atoms with van der Waals surface area (Å²) in [6.45, 7) is 10.2. The van der Waals surface area contributed by atoms with Gasteiger partial charge in [-0.3, -0.25) is 0 Å². The molecule has 0 saturated heterocycles. The van der Waals surface area contributed by atoms with Crippen molar-refractivity contribution in [3.63, 3.8) is 0 Å². The van der Waals surface area contributed by atoms with E-state index in [1.165, 1.54) is 36.9 Å². The summed E-state index contributed by atoms with van der Waals surface area (Å²) in [5.74, 6) is 0.0832. The number of ether oxygens (including phenoxy) is 1. The predicted molar refractivity (Wildman–Crippen MR) is 122 cm³/mol. The third kappa shape index (κ3) is 3.70. The monoisotopic (exact) mass is 428 g/mol. The molecule has 1 atom stereocenters. The number of carbonyl (C=O) groups is 1. The molecule has 1 N–H and O–H groups in total. The van der Waals surface area contributed by atoms with E-state index < -0.39 is 5.97 Å². The van der Waals surface area contributed by atoms with Crippen LogP contribution in [0.5, 0.6) is 5.75 Å². The first-order chi connectivity index (χ1) is 14.2. The maximum absolute atomic E-state index is 11.5. The van der Waals surface area contributed by atoms with E-state index in [0.29, 0.717) is 11.7 Å². The normalized spacial score (nSPS) is 22.4. The van der Waals surface area contributed by atoms with Crippen LogP contribution >= 0.6 is 11.3 Å². The number of rotatable bonds is 7. The molecule has 0 bridgehead atoms. The van der Waals surface area contributed by atoms with Crippen LogP contribution in [0.15, 0.2) is 18.2 Å². The molecule has 5 nitrogen and oxygen atoms in total. The number of aromatic carboxylic acids is 1. The van der Waals surface area contributed by atoms with Gasteiger partial charge in [0.1, 0.15) is 11.3 Å². The van der Waals surface area contributed by atoms with E-state index in [1.54, 1.807) is 6.07 Å². The van der Waals surface area contributed by atoms with E-state index in [0.717, 1.165) is 30.2 Å². The second-order valence-corrected chi connectivity index (χ2v) is 10.7. The van der Waals surface area contributed by atoms with Gasteiger partial charge in [-0.1, -0.05) is 27.7 Å². The number of carboxylic acids is 1. The topological polar surface area (TPSA) is 62.7 Å². The Morgan fingerprint density at radius 3 is 2.63 bits per heavy atom. The number of benzene rings is 1. The molecular weight excluding hydrogens is 396 g/mol. The quantitative estimate of drug-likeness (QED) is 0.574. The fraction of sp³-hybridized carbons (Fsp3) is 0.583. The molecule has 0 amide bonds. The van der Waals surface area contributed by atoms with Gasteiger partial charge in [-0.2, -0.15) is 0 Å². The van der Waals surface area contributed by atoms with Crippen molar-refractivity contribution < 1.29 is 14.6 Å². The molecule has 4 rings (SSSR count). The number of hydrogen-bond acceptors (Lipinski definition) is 5. The van der Waals surface area contributed by atoms with Crippen molar-refractivity contribution in [1.29, 1.82) is 0 Å². The van der Waals surface area contributed by atoms with Crippen LogP contribution in [-0.2, 0) is 10.8 Å². The zero-order valence-corrected chi connectivity index (χ0v) is 19.4. The molecule has 2 aliphatic rings. The summed E-state index contributed by atoms with van der Waals surface area (Å²) in [6.07, 6.45) is 5.91. The van der Waals surface area contributed by atoms with Gasteiger partial charge in [-0.25, -0.2) is 9.78 Å². The summed E-state index contributed by atoms with van der Waals surface area (Å²) < 4.78 is 5.39. The zero-order valence-electron chi connectivity index (χ0n) is 18.6. The first kappa shape index (κ1) is 21.2. The van der Waals surface area contributed by atoms with Gasteiger partial charge >= 0.3 is 5.97 Å². The van der Waals surface area contributed by atoms with Crippen LogP contribution in [0.2, 0.25) is 0 Å². The molecule has 2 aliphatic carbocycles. The van der Waals surface area contributed by atoms with E-state index in [1.807, 2.05) is 23.5 Å². The van der Waals surface area contributed by atoms with Crippen LogP contribution in [0.3, 0.4) is 0 Å². The lowest BCUT2D eigenvalue weighted by Gasteiger charge is -2.39. The predicted octanol–water partition coefficient (Wildman–Crippen LogP) is 6.14. The Morgan fingerprint density at radius 2 is 2.03 bits per heavy atom. The summed E-state index contributed by atoms with van der Waals surface area (Å²) >= 11 is 1.81. The molecule has 0 spiro atoms. The fourth-order valence-corrected chi connectivity index (χ4v) is 5.71. The molecule has 1 unspecified atom stereocenters. The molecular formula is C24H32N2O3S. The summed E-state index contributed by atoms with van der Waals surface area (Å²) in [7, 11) is 1.52. The summed E-state index contributed by atoms with van der Waals surface area (Å²) in [6, 6.07) is 5.37. The van der Waals surface area contributed by atoms with Gasteiger partial charge in [0, 0.05) is 34.0 Å². The van der Waals surface area contributed by atoms with Gasteiger partial charge in [-0.15, -0.1) is 11.3 Å². The van der Waals surface area contributed by atoms with Gasteiger partial charge in [0.15, 0.2) is 5.13 Å². The van der Waals surface area contributed by atoms with Crippen LogP contribution in [-0.4, -0.2) is 29.7 Å². The average molecular weight is 429 g/mol. The first-order valence-corrected chi connectivity index (χ1v) is 11.7. The number of aromatic nitrogens is 1. The number of fused-ring (bicyclic) bond motifs is 1. The Labute approximate surface area is 183 Å². The van der Waals surface area contributed by atoms with E-state index in [9.17, 15) is 9.90 Å². The zero-order chi connectivity index (χ0) is 21.7. The Kier molecular flexibility index (Phi) is 5.33. The number of anilines is 2. The van der Waals surface area contributed by atoms with E-state index in [4.69, 9.17) is 9.72 Å². The highest BCUT2D eigenvalue weighted by molar-refractivity contribution is 7.16. The highest BCUT2D eigenvalue weighted by Crippen LogP contribution is 2.52. The van der Waals surface area contributed by atoms with Crippen LogP contribution in [0.25, 0.3) is 0 Å². The SMILES string of the molecule is CCC1(C)CCC(C)(C)c2sc(N(CC3CC3)c3ccc(C(=O)O)c(OC)c3)nc21. The summed E-state index contributed by atoms with van der Waals surface area (Å²) in [5.41, 5.74) is 2.65. The van der Waals surface area contributed by atoms with E-state index >= 15 is 0 Å². The van der Waals surface area contributed by atoms with Gasteiger partial charge in [0.2, 0.25) is 0 Å². The van der Waals surface area contributed by atoms with Gasteiger partial charge in [-0.05, 0) is 50.2 Å². The molecule has 1 heterocycles. The lowest BCUT2D eigenvalue weighted by Crippen LogP contribution is -2.34. The van der Waals surface area contributed by atoms with Crippen molar-refractivity contribution in [2.24, 2.45) is 5.92 Å². The molecule has 1 aromatic heterocycles. The molecule has 1 aromatic carbocycles. The number of hydrogen-bond donors (Lipinski definition) is 1. The molecule has 0 aliphatic heterocycles. The molecule has 162 valence electrons. The molecule has 30 heavy (non-hydrogen) atoms. The minimum Gasteiger partial charge on any atom is -0.496 e. The smallest absolute Gasteiger partial charge is 0.339 e. The highest BCUT2D eigenvalue weighted by Gasteiger charge is 2.43. The maximum atomic E-state index is 11.5. The van der Waals surface area contributed by atoms with Crippen molar-refractivity contribution in [1.82, 2.24) is 4.98 Å². The standard InChI is InChI=1S/C24H32N2O3S/c1-6-24(4)12-11-23(2,3)20-19(24)25-22(30-20)26(14-15-7-8-15)16-9-10-17(21(27)28)18(13-16)29-5/h9-10,13,15H,6-8,11-12,14H2,1-5H3,(H,27,28). The summed E-state index contributed by atoms with van der Waals surface area (Å²) in [5, 5.41) is 10.5. The summed E-state index contributed by atoms with van der Waals surface area (Å²) in [4.78, 5) is 20.4. The van der Waals surface area contributed by atoms with Crippen LogP contribution in [0.4, 0.5) is 10.8 Å². The number of methoxy groups -OCH3 is 1. The van der Waals surface area contributed by atoms with Gasteiger partial charge < -0.3 is 14.7 Å². The van der Waals surface area contributed by atoms with Gasteiger partial charge in [0.05, 0.1) is 12.8 Å². The maximum Gasteiger partial charge on any atom is 0.339 e. The van der Waals surface area contributed by atoms with Crippen molar-refractivity contribution >= 4 is 28.1 Å². The Hall–Kier alpha value is -2.08. The highest BCUT2D eigenvalue weighted by atomic mass is 32.1. The third-order valence-electron chi connectivity index (χ3n) is 6.98. The number of nitrogens with zero attached hydrogens (tertiary/aromatic N) is 2. The second-order valence-electron chi connectivity index (χ2n) is 9.72. The van der Waals surface area contributed by atoms with Gasteiger partial charge in [0.25, 0.3) is 0 Å². The Balaban J connectivity index is 1.80. The van der Waals surface area contributed by atoms with Crippen molar-refractivity contribution in [2.45, 2.75) is 70.6 Å². The fourth-order valence-electron chi connectivity index (χ4n) is 4.33. The molecule has 2 aromatic rings. The van der Waals surface area contributed by atoms with E-state index in [-0.39, 0.29) is 16.4 Å². The minimum atomic E-state index is -0.975. The number of carboxylic acid groups (broad SMARTS) is 1. The number of thiazole rings is 1. The molecule has 1 saturated carbocycles. The van der Waals surface area contributed by atoms with E-state index in [2.05, 4.69) is 32.6 Å². The van der Waals surface area contributed by atoms with Crippen molar-refractivity contribution in [3.8, 4) is 5.75 Å². The molecule has 0 radical (unpaired) electrons. The van der Waals surface area contributed by atoms with Crippen LogP contribution in [0, 0.1) is 5.92 Å². The minimum absolute atomic E-state index is 0.121. The molecule has 1 fully saturated rings. The lowest BCUT2D eigenvalue weighted by atomic mass is 9.67.